The van der Waals surface area contributed by atoms with Crippen molar-refractivity contribution in [3.05, 3.63) is 0 Å². The normalized spacial score (nSPS) is 18.9. The highest BCUT2D eigenvalue weighted by Gasteiger charge is 2.44. The number of rotatable bonds is 8. The number of carboxylic acids is 1. The fraction of sp³-hybridized carbons (Fsp3) is 0.786. The summed E-state index contributed by atoms with van der Waals surface area (Å²) in [6.45, 7) is 5.50. The minimum atomic E-state index is -0.851. The number of nitriles is 1. The number of aliphatic carboxylic acids is 1. The molecule has 1 saturated carbocycles. The molecule has 112 valence electrons. The largest absolute Gasteiger partial charge is 0.481 e. The van der Waals surface area contributed by atoms with Gasteiger partial charge in [0.15, 0.2) is 0 Å². The molecular weight excluding hydrogens is 276 g/mol. The van der Waals surface area contributed by atoms with Crippen molar-refractivity contribution < 1.29 is 14.7 Å². The zero-order chi connectivity index (χ0) is 15.4. The van der Waals surface area contributed by atoms with E-state index in [4.69, 9.17) is 10.4 Å². The van der Waals surface area contributed by atoms with Gasteiger partial charge in [0.2, 0.25) is 5.91 Å². The molecule has 5 nitrogen and oxygen atoms in total. The summed E-state index contributed by atoms with van der Waals surface area (Å²) >= 11 is 1.45. The van der Waals surface area contributed by atoms with E-state index in [1.807, 2.05) is 13.8 Å². The maximum atomic E-state index is 11.9. The molecule has 0 radical (unpaired) electrons. The van der Waals surface area contributed by atoms with Gasteiger partial charge in [0, 0.05) is 0 Å². The fourth-order valence-corrected chi connectivity index (χ4v) is 3.04. The first-order valence-corrected chi connectivity index (χ1v) is 7.90. The van der Waals surface area contributed by atoms with Crippen molar-refractivity contribution in [2.75, 3.05) is 11.5 Å². The van der Waals surface area contributed by atoms with Crippen molar-refractivity contribution in [2.45, 2.75) is 45.6 Å². The van der Waals surface area contributed by atoms with Gasteiger partial charge in [0.05, 0.1) is 18.2 Å². The first-order chi connectivity index (χ1) is 9.23. The van der Waals surface area contributed by atoms with Gasteiger partial charge in [-0.15, -0.1) is 0 Å². The van der Waals surface area contributed by atoms with Gasteiger partial charge in [-0.3, -0.25) is 9.59 Å². The van der Waals surface area contributed by atoms with Crippen molar-refractivity contribution in [1.29, 1.82) is 5.26 Å². The van der Waals surface area contributed by atoms with Crippen LogP contribution >= 0.6 is 11.8 Å². The van der Waals surface area contributed by atoms with Gasteiger partial charge in [-0.05, 0) is 36.9 Å². The Labute approximate surface area is 124 Å². The lowest BCUT2D eigenvalue weighted by Gasteiger charge is -2.27. The molecule has 1 fully saturated rings. The Balaban J connectivity index is 2.34. The van der Waals surface area contributed by atoms with Crippen molar-refractivity contribution >= 4 is 23.6 Å². The molecule has 1 rings (SSSR count). The second kappa shape index (κ2) is 6.49. The van der Waals surface area contributed by atoms with E-state index in [-0.39, 0.29) is 29.4 Å². The van der Waals surface area contributed by atoms with Gasteiger partial charge in [-0.1, -0.05) is 13.8 Å². The molecule has 1 atom stereocenters. The molecule has 0 aliphatic heterocycles. The second-order valence-corrected chi connectivity index (χ2v) is 7.07. The highest BCUT2D eigenvalue weighted by molar-refractivity contribution is 7.99. The molecule has 20 heavy (non-hydrogen) atoms. The summed E-state index contributed by atoms with van der Waals surface area (Å²) in [4.78, 5) is 22.6. The molecule has 0 heterocycles. The summed E-state index contributed by atoms with van der Waals surface area (Å²) in [6.07, 6.45) is 2.04. The molecular formula is C14H22N2O3S. The standard InChI is InChI=1S/C14H22N2O3S/c1-10(2)13(3,8-15)16-11(17)7-20-9-14(4-5-14)6-12(18)19/h10H,4-7,9H2,1-3H3,(H,16,17)(H,18,19). The summed E-state index contributed by atoms with van der Waals surface area (Å²) in [5, 5.41) is 20.7. The predicted octanol–water partition coefficient (Wildman–Crippen LogP) is 2.03. The molecule has 1 amide bonds. The minimum absolute atomic E-state index is 0.0308. The van der Waals surface area contributed by atoms with Crippen LogP contribution in [-0.2, 0) is 9.59 Å². The Morgan fingerprint density at radius 1 is 1.50 bits per heavy atom. The van der Waals surface area contributed by atoms with Crippen LogP contribution in [0.25, 0.3) is 0 Å². The van der Waals surface area contributed by atoms with Gasteiger partial charge < -0.3 is 10.4 Å². The molecule has 1 aliphatic carbocycles. The summed E-state index contributed by atoms with van der Waals surface area (Å²) < 4.78 is 0. The monoisotopic (exact) mass is 298 g/mol. The highest BCUT2D eigenvalue weighted by atomic mass is 32.2. The molecule has 6 heteroatoms. The number of nitrogens with one attached hydrogen (secondary N) is 1. The van der Waals surface area contributed by atoms with Crippen LogP contribution in [0.4, 0.5) is 0 Å². The first kappa shape index (κ1) is 16.8. The highest BCUT2D eigenvalue weighted by Crippen LogP contribution is 2.50. The number of carboxylic acid groups (broad SMARTS) is 1. The molecule has 0 bridgehead atoms. The lowest BCUT2D eigenvalue weighted by Crippen LogP contribution is -2.49. The van der Waals surface area contributed by atoms with Crippen LogP contribution in [0.5, 0.6) is 0 Å². The first-order valence-electron chi connectivity index (χ1n) is 6.75. The minimum Gasteiger partial charge on any atom is -0.481 e. The van der Waals surface area contributed by atoms with E-state index in [0.29, 0.717) is 5.75 Å². The average Bonchev–Trinajstić information content (AvgIpc) is 3.07. The topological polar surface area (TPSA) is 90.2 Å². The molecule has 0 saturated heterocycles. The van der Waals surface area contributed by atoms with Gasteiger partial charge in [-0.2, -0.15) is 17.0 Å². The van der Waals surface area contributed by atoms with Crippen LogP contribution in [0, 0.1) is 22.7 Å². The number of thioether (sulfide) groups is 1. The van der Waals surface area contributed by atoms with Gasteiger partial charge in [0.1, 0.15) is 5.54 Å². The van der Waals surface area contributed by atoms with Crippen molar-refractivity contribution in [3.8, 4) is 6.07 Å². The molecule has 1 unspecified atom stereocenters. The molecule has 0 aromatic carbocycles. The van der Waals surface area contributed by atoms with Gasteiger partial charge >= 0.3 is 5.97 Å². The summed E-state index contributed by atoms with van der Waals surface area (Å²) in [5.41, 5.74) is -0.955. The van der Waals surface area contributed by atoms with Crippen LogP contribution in [-0.4, -0.2) is 34.0 Å². The average molecular weight is 298 g/mol. The number of carbonyl (C=O) groups excluding carboxylic acids is 1. The number of nitrogens with zero attached hydrogens (tertiary/aromatic N) is 1. The maximum Gasteiger partial charge on any atom is 0.303 e. The lowest BCUT2D eigenvalue weighted by atomic mass is 9.90. The van der Waals surface area contributed by atoms with Crippen molar-refractivity contribution in [3.63, 3.8) is 0 Å². The quantitative estimate of drug-likeness (QED) is 0.715. The Morgan fingerprint density at radius 3 is 2.50 bits per heavy atom. The van der Waals surface area contributed by atoms with Crippen LogP contribution < -0.4 is 5.32 Å². The van der Waals surface area contributed by atoms with E-state index >= 15 is 0 Å². The van der Waals surface area contributed by atoms with E-state index in [2.05, 4.69) is 11.4 Å². The van der Waals surface area contributed by atoms with E-state index in [1.54, 1.807) is 6.92 Å². The Bertz CT molecular complexity index is 427. The molecule has 0 aromatic heterocycles. The van der Waals surface area contributed by atoms with Gasteiger partial charge in [-0.25, -0.2) is 0 Å². The number of hydrogen-bond donors (Lipinski definition) is 2. The summed E-state index contributed by atoms with van der Waals surface area (Å²) in [6, 6.07) is 2.13. The Kier molecular flexibility index (Phi) is 5.46. The summed E-state index contributed by atoms with van der Waals surface area (Å²) in [5.74, 6) is 0.0507. The molecule has 0 spiro atoms. The third-order valence-electron chi connectivity index (χ3n) is 3.91. The SMILES string of the molecule is CC(C)C(C)(C#N)NC(=O)CSCC1(CC(=O)O)CC1. The predicted molar refractivity (Wildman–Crippen MR) is 78.2 cm³/mol. The van der Waals surface area contributed by atoms with Crippen LogP contribution in [0.2, 0.25) is 0 Å². The number of amides is 1. The fourth-order valence-electron chi connectivity index (χ4n) is 1.86. The zero-order valence-corrected chi connectivity index (χ0v) is 13.0. The van der Waals surface area contributed by atoms with E-state index in [9.17, 15) is 9.59 Å². The van der Waals surface area contributed by atoms with Crippen molar-refractivity contribution in [1.82, 2.24) is 5.32 Å². The molecule has 0 aromatic rings. The van der Waals surface area contributed by atoms with E-state index in [0.717, 1.165) is 12.8 Å². The molecule has 1 aliphatic rings. The Hall–Kier alpha value is -1.22. The van der Waals surface area contributed by atoms with Crippen LogP contribution in [0.15, 0.2) is 0 Å². The van der Waals surface area contributed by atoms with Crippen LogP contribution in [0.1, 0.15) is 40.0 Å². The third-order valence-corrected chi connectivity index (χ3v) is 5.19. The Morgan fingerprint density at radius 2 is 2.10 bits per heavy atom. The summed E-state index contributed by atoms with van der Waals surface area (Å²) in [7, 11) is 0. The smallest absolute Gasteiger partial charge is 0.303 e. The third kappa shape index (κ3) is 4.71. The second-order valence-electron chi connectivity index (χ2n) is 6.08. The molecule has 2 N–H and O–H groups in total. The van der Waals surface area contributed by atoms with E-state index in [1.165, 1.54) is 11.8 Å². The van der Waals surface area contributed by atoms with Gasteiger partial charge in [0.25, 0.3) is 0 Å². The maximum absolute atomic E-state index is 11.9. The van der Waals surface area contributed by atoms with E-state index < -0.39 is 11.5 Å². The zero-order valence-electron chi connectivity index (χ0n) is 12.2. The van der Waals surface area contributed by atoms with Crippen molar-refractivity contribution in [2.24, 2.45) is 11.3 Å². The van der Waals surface area contributed by atoms with Crippen LogP contribution in [0.3, 0.4) is 0 Å². The number of hydrogen-bond acceptors (Lipinski definition) is 4. The lowest BCUT2D eigenvalue weighted by molar-refractivity contribution is -0.138. The number of carbonyl (C=O) groups is 2.